The van der Waals surface area contributed by atoms with Gasteiger partial charge in [0.1, 0.15) is 6.17 Å². The van der Waals surface area contributed by atoms with E-state index in [0.717, 1.165) is 6.42 Å². The van der Waals surface area contributed by atoms with Crippen molar-refractivity contribution in [3.05, 3.63) is 23.8 Å². The lowest BCUT2D eigenvalue weighted by molar-refractivity contribution is -0.146. The molecule has 4 aliphatic carbocycles. The average Bonchev–Trinajstić information content (AvgIpc) is 2.85. The van der Waals surface area contributed by atoms with Crippen molar-refractivity contribution in [2.45, 2.75) is 52.3 Å². The highest BCUT2D eigenvalue weighted by Crippen LogP contribution is 2.67. The van der Waals surface area contributed by atoms with Crippen LogP contribution in [-0.4, -0.2) is 35.2 Å². The van der Waals surface area contributed by atoms with Gasteiger partial charge in [-0.1, -0.05) is 26.8 Å². The molecular formula is C22H27FO4. The molecule has 0 aromatic heterocycles. The highest BCUT2D eigenvalue weighted by atomic mass is 19.1. The summed E-state index contributed by atoms with van der Waals surface area (Å²) in [7, 11) is 0. The van der Waals surface area contributed by atoms with E-state index in [1.54, 1.807) is 6.08 Å². The molecule has 4 aliphatic rings. The van der Waals surface area contributed by atoms with Gasteiger partial charge in [0.05, 0.1) is 6.10 Å². The number of rotatable bonds is 2. The molecule has 3 saturated carbocycles. The summed E-state index contributed by atoms with van der Waals surface area (Å²) >= 11 is 0. The fourth-order valence-corrected chi connectivity index (χ4v) is 7.38. The third-order valence-electron chi connectivity index (χ3n) is 8.24. The number of carbonyl (C=O) groups is 3. The second-order valence-corrected chi connectivity index (χ2v) is 9.61. The quantitative estimate of drug-likeness (QED) is 0.596. The number of halogens is 1. The van der Waals surface area contributed by atoms with Gasteiger partial charge in [-0.2, -0.15) is 0 Å². The molecule has 0 spiro atoms. The van der Waals surface area contributed by atoms with Gasteiger partial charge in [-0.25, -0.2) is 4.39 Å². The molecule has 9 atom stereocenters. The van der Waals surface area contributed by atoms with Crippen molar-refractivity contribution in [3.8, 4) is 0 Å². The van der Waals surface area contributed by atoms with Gasteiger partial charge in [-0.3, -0.25) is 14.4 Å². The molecule has 4 nitrogen and oxygen atoms in total. The minimum atomic E-state index is -1.23. The summed E-state index contributed by atoms with van der Waals surface area (Å²) in [6, 6.07) is 0. The Balaban J connectivity index is 1.78. The molecular weight excluding hydrogens is 347 g/mol. The van der Waals surface area contributed by atoms with Crippen molar-refractivity contribution in [2.24, 2.45) is 40.4 Å². The zero-order chi connectivity index (χ0) is 19.7. The molecule has 0 radical (unpaired) electrons. The number of aliphatic hydroxyl groups excluding tert-OH is 1. The molecule has 5 heteroatoms. The second kappa shape index (κ2) is 5.94. The molecule has 0 heterocycles. The normalized spacial score (nSPS) is 51.1. The largest absolute Gasteiger partial charge is 0.393 e. The lowest BCUT2D eigenvalue weighted by Gasteiger charge is -2.59. The molecule has 4 rings (SSSR count). The third kappa shape index (κ3) is 2.40. The van der Waals surface area contributed by atoms with Crippen molar-refractivity contribution in [3.63, 3.8) is 0 Å². The van der Waals surface area contributed by atoms with Crippen molar-refractivity contribution in [2.75, 3.05) is 0 Å². The summed E-state index contributed by atoms with van der Waals surface area (Å²) in [6.45, 7) is 5.90. The maximum Gasteiger partial charge on any atom is 0.199 e. The Kier molecular flexibility index (Phi) is 4.12. The first-order chi connectivity index (χ1) is 12.6. The molecule has 1 N–H and O–H groups in total. The van der Waals surface area contributed by atoms with E-state index in [4.69, 9.17) is 0 Å². The smallest absolute Gasteiger partial charge is 0.199 e. The summed E-state index contributed by atoms with van der Waals surface area (Å²) in [4.78, 5) is 35.4. The predicted octanol–water partition coefficient (Wildman–Crippen LogP) is 2.84. The summed E-state index contributed by atoms with van der Waals surface area (Å²) in [5.74, 6) is -1.17. The fourth-order valence-electron chi connectivity index (χ4n) is 7.38. The Hall–Kier alpha value is -1.62. The molecule has 0 aromatic carbocycles. The van der Waals surface area contributed by atoms with Crippen LogP contribution in [0.15, 0.2) is 23.8 Å². The Labute approximate surface area is 158 Å². The zero-order valence-electron chi connectivity index (χ0n) is 16.0. The van der Waals surface area contributed by atoms with E-state index in [-0.39, 0.29) is 35.9 Å². The third-order valence-corrected chi connectivity index (χ3v) is 8.24. The highest BCUT2D eigenvalue weighted by Gasteiger charge is 2.65. The first-order valence-electron chi connectivity index (χ1n) is 9.90. The van der Waals surface area contributed by atoms with Crippen molar-refractivity contribution in [1.82, 2.24) is 0 Å². The number of aldehydes is 1. The van der Waals surface area contributed by atoms with Gasteiger partial charge in [0, 0.05) is 17.3 Å². The summed E-state index contributed by atoms with van der Waals surface area (Å²) in [6.07, 6.45) is 4.58. The standard InChI is InChI=1S/C22H27FO4/c1-11-6-14-13-8-16(23)15-7-12(25)4-5-21(15,2)20(13)17(26)9-22(14,3)19(11)18(27)10-24/h4-5,7,10-11,13-14,16-17,19-20,26H,6,8-9H2,1-3H3/t11-,13-,14+,16+,17-,19+,20-,21-,22-/m0/s1. The monoisotopic (exact) mass is 374 g/mol. The molecule has 0 aromatic rings. The lowest BCUT2D eigenvalue weighted by Crippen LogP contribution is -2.58. The van der Waals surface area contributed by atoms with Crippen molar-refractivity contribution in [1.29, 1.82) is 0 Å². The molecule has 0 bridgehead atoms. The first kappa shape index (κ1) is 18.7. The van der Waals surface area contributed by atoms with Crippen LogP contribution < -0.4 is 0 Å². The SMILES string of the molecule is C[C@H]1C[C@@H]2[C@@H]3C[C@@H](F)C4=CC(=O)C=C[C@]4(C)[C@@H]3[C@@H](O)C[C@]2(C)[C@H]1C(=O)C=O. The van der Waals surface area contributed by atoms with Gasteiger partial charge in [-0.05, 0) is 60.2 Å². The number of ketones is 2. The Bertz CT molecular complexity index is 770. The first-order valence-corrected chi connectivity index (χ1v) is 9.90. The lowest BCUT2D eigenvalue weighted by atomic mass is 9.46. The molecule has 146 valence electrons. The zero-order valence-corrected chi connectivity index (χ0v) is 16.0. The Morgan fingerprint density at radius 2 is 2.04 bits per heavy atom. The van der Waals surface area contributed by atoms with Crippen LogP contribution in [0.2, 0.25) is 0 Å². The van der Waals surface area contributed by atoms with Crippen LogP contribution in [0.1, 0.15) is 40.0 Å². The molecule has 0 amide bonds. The number of aliphatic hydroxyl groups is 1. The van der Waals surface area contributed by atoms with Crippen LogP contribution in [0, 0.1) is 40.4 Å². The fraction of sp³-hybridized carbons (Fsp3) is 0.682. The van der Waals surface area contributed by atoms with Crippen molar-refractivity contribution >= 4 is 17.9 Å². The highest BCUT2D eigenvalue weighted by molar-refractivity contribution is 6.26. The summed E-state index contributed by atoms with van der Waals surface area (Å²) in [5.41, 5.74) is -0.707. The van der Waals surface area contributed by atoms with Crippen LogP contribution in [0.5, 0.6) is 0 Å². The van der Waals surface area contributed by atoms with Crippen LogP contribution >= 0.6 is 0 Å². The molecule has 0 aliphatic heterocycles. The maximum absolute atomic E-state index is 15.2. The molecule has 27 heavy (non-hydrogen) atoms. The van der Waals surface area contributed by atoms with E-state index in [0.29, 0.717) is 18.3 Å². The molecule has 3 fully saturated rings. The van der Waals surface area contributed by atoms with Gasteiger partial charge < -0.3 is 5.11 Å². The van der Waals surface area contributed by atoms with Crippen LogP contribution in [0.3, 0.4) is 0 Å². The van der Waals surface area contributed by atoms with Gasteiger partial charge in [0.2, 0.25) is 0 Å². The van der Waals surface area contributed by atoms with Gasteiger partial charge in [-0.15, -0.1) is 0 Å². The summed E-state index contributed by atoms with van der Waals surface area (Å²) < 4.78 is 15.2. The number of hydrogen-bond donors (Lipinski definition) is 1. The molecule has 0 saturated heterocycles. The Morgan fingerprint density at radius 1 is 1.33 bits per heavy atom. The van der Waals surface area contributed by atoms with E-state index < -0.39 is 34.8 Å². The molecule has 0 unspecified atom stereocenters. The van der Waals surface area contributed by atoms with Gasteiger partial charge >= 0.3 is 0 Å². The van der Waals surface area contributed by atoms with Crippen LogP contribution in [-0.2, 0) is 14.4 Å². The predicted molar refractivity (Wildman–Crippen MR) is 97.4 cm³/mol. The van der Waals surface area contributed by atoms with Gasteiger partial charge in [0.25, 0.3) is 0 Å². The van der Waals surface area contributed by atoms with E-state index in [1.807, 2.05) is 20.8 Å². The maximum atomic E-state index is 15.2. The second-order valence-electron chi connectivity index (χ2n) is 9.61. The van der Waals surface area contributed by atoms with Crippen LogP contribution in [0.4, 0.5) is 4.39 Å². The number of allylic oxidation sites excluding steroid dienone is 4. The van der Waals surface area contributed by atoms with Gasteiger partial charge in [0.15, 0.2) is 17.9 Å². The number of hydrogen-bond acceptors (Lipinski definition) is 4. The van der Waals surface area contributed by atoms with E-state index in [9.17, 15) is 19.5 Å². The topological polar surface area (TPSA) is 71.4 Å². The average molecular weight is 374 g/mol. The van der Waals surface area contributed by atoms with E-state index in [1.165, 1.54) is 12.2 Å². The summed E-state index contributed by atoms with van der Waals surface area (Å²) in [5, 5.41) is 11.2. The Morgan fingerprint density at radius 3 is 2.70 bits per heavy atom. The minimum absolute atomic E-state index is 0.0370. The number of alkyl halides is 1. The number of Topliss-reactive ketones (excluding diaryl/α,β-unsaturated/α-hetero) is 1. The minimum Gasteiger partial charge on any atom is -0.393 e. The van der Waals surface area contributed by atoms with E-state index >= 15 is 4.39 Å². The van der Waals surface area contributed by atoms with Crippen molar-refractivity contribution < 1.29 is 23.9 Å². The van der Waals surface area contributed by atoms with Crippen LogP contribution in [0.25, 0.3) is 0 Å². The number of fused-ring (bicyclic) bond motifs is 5. The van der Waals surface area contributed by atoms with E-state index in [2.05, 4.69) is 0 Å². The number of carbonyl (C=O) groups excluding carboxylic acids is 3.